The molecule has 4 nitrogen and oxygen atoms in total. The Morgan fingerprint density at radius 2 is 1.94 bits per heavy atom. The molecule has 17 heavy (non-hydrogen) atoms. The number of fused-ring (bicyclic) bond motifs is 1. The van der Waals surface area contributed by atoms with Crippen LogP contribution < -0.4 is 0 Å². The summed E-state index contributed by atoms with van der Waals surface area (Å²) in [5.41, 5.74) is 0.991. The number of amides is 1. The molecule has 2 aliphatic rings. The van der Waals surface area contributed by atoms with Gasteiger partial charge in [0.1, 0.15) is 6.61 Å². The average Bonchev–Trinajstić information content (AvgIpc) is 2.81. The Balaban J connectivity index is 1.49. The van der Waals surface area contributed by atoms with Crippen molar-refractivity contribution in [2.45, 2.75) is 12.7 Å². The molecule has 1 saturated carbocycles. The topological polar surface area (TPSA) is 49.8 Å². The second-order valence-corrected chi connectivity index (χ2v) is 4.76. The third-order valence-corrected chi connectivity index (χ3v) is 3.61. The first-order chi connectivity index (χ1) is 8.25. The SMILES string of the molecule is O=C(OCc1ccccc1)N1C[C@@H]2C(O)[C@H]2C1. The molecule has 0 radical (unpaired) electrons. The summed E-state index contributed by atoms with van der Waals surface area (Å²) in [7, 11) is 0. The maximum Gasteiger partial charge on any atom is 0.410 e. The standard InChI is InChI=1S/C13H15NO3/c15-12-10-6-14(7-11(10)12)13(16)17-8-9-4-2-1-3-5-9/h1-5,10-12,15H,6-8H2/t10-,11-/m0/s1. The van der Waals surface area contributed by atoms with Crippen LogP contribution in [-0.2, 0) is 11.3 Å². The fourth-order valence-corrected chi connectivity index (χ4v) is 2.45. The number of likely N-dealkylation sites (tertiary alicyclic amines) is 1. The molecule has 1 heterocycles. The first-order valence-corrected chi connectivity index (χ1v) is 5.89. The van der Waals surface area contributed by atoms with Gasteiger partial charge in [0.05, 0.1) is 6.10 Å². The van der Waals surface area contributed by atoms with Crippen molar-refractivity contribution in [2.75, 3.05) is 13.1 Å². The monoisotopic (exact) mass is 233 g/mol. The predicted molar refractivity (Wildman–Crippen MR) is 61.2 cm³/mol. The summed E-state index contributed by atoms with van der Waals surface area (Å²) in [5, 5.41) is 9.37. The van der Waals surface area contributed by atoms with E-state index < -0.39 is 0 Å². The molecule has 0 bridgehead atoms. The van der Waals surface area contributed by atoms with E-state index in [-0.39, 0.29) is 12.2 Å². The van der Waals surface area contributed by atoms with E-state index in [1.165, 1.54) is 0 Å². The Morgan fingerprint density at radius 3 is 2.59 bits per heavy atom. The molecule has 3 rings (SSSR count). The third kappa shape index (κ3) is 2.00. The Labute approximate surface area is 99.8 Å². The highest BCUT2D eigenvalue weighted by atomic mass is 16.6. The van der Waals surface area contributed by atoms with Gasteiger partial charge in [-0.05, 0) is 5.56 Å². The number of benzene rings is 1. The van der Waals surface area contributed by atoms with E-state index in [0.29, 0.717) is 31.5 Å². The molecule has 0 spiro atoms. The van der Waals surface area contributed by atoms with Crippen LogP contribution in [0.1, 0.15) is 5.56 Å². The number of carbonyl (C=O) groups is 1. The number of aliphatic hydroxyl groups excluding tert-OH is 1. The van der Waals surface area contributed by atoms with Gasteiger partial charge in [-0.2, -0.15) is 0 Å². The van der Waals surface area contributed by atoms with Gasteiger partial charge in [0.2, 0.25) is 0 Å². The lowest BCUT2D eigenvalue weighted by Gasteiger charge is -2.18. The number of hydrogen-bond acceptors (Lipinski definition) is 3. The highest BCUT2D eigenvalue weighted by molar-refractivity contribution is 5.68. The number of carbonyl (C=O) groups excluding carboxylic acids is 1. The van der Waals surface area contributed by atoms with E-state index in [1.54, 1.807) is 4.90 Å². The van der Waals surface area contributed by atoms with Crippen LogP contribution in [0.4, 0.5) is 4.79 Å². The van der Waals surface area contributed by atoms with Crippen molar-refractivity contribution in [1.29, 1.82) is 0 Å². The highest BCUT2D eigenvalue weighted by Gasteiger charge is 2.56. The Morgan fingerprint density at radius 1 is 1.29 bits per heavy atom. The molecule has 1 saturated heterocycles. The van der Waals surface area contributed by atoms with Crippen LogP contribution in [0.2, 0.25) is 0 Å². The van der Waals surface area contributed by atoms with Crippen LogP contribution in [0.3, 0.4) is 0 Å². The van der Waals surface area contributed by atoms with Crippen LogP contribution in [-0.4, -0.2) is 35.3 Å². The fraction of sp³-hybridized carbons (Fsp3) is 0.462. The van der Waals surface area contributed by atoms with Crippen LogP contribution in [0.25, 0.3) is 0 Å². The van der Waals surface area contributed by atoms with E-state index >= 15 is 0 Å². The zero-order chi connectivity index (χ0) is 11.8. The lowest BCUT2D eigenvalue weighted by molar-refractivity contribution is 0.0932. The Hall–Kier alpha value is -1.55. The number of rotatable bonds is 2. The van der Waals surface area contributed by atoms with Gasteiger partial charge in [-0.25, -0.2) is 4.79 Å². The summed E-state index contributed by atoms with van der Waals surface area (Å²) in [5.74, 6) is 0.582. The van der Waals surface area contributed by atoms with Gasteiger partial charge in [-0.15, -0.1) is 0 Å². The van der Waals surface area contributed by atoms with Crippen molar-refractivity contribution in [3.63, 3.8) is 0 Å². The normalized spacial score (nSPS) is 29.9. The molecule has 1 aromatic rings. The number of aliphatic hydroxyl groups is 1. The smallest absolute Gasteiger partial charge is 0.410 e. The molecule has 1 aliphatic carbocycles. The maximum absolute atomic E-state index is 11.7. The molecule has 0 aromatic heterocycles. The minimum Gasteiger partial charge on any atom is -0.445 e. The van der Waals surface area contributed by atoms with Gasteiger partial charge >= 0.3 is 6.09 Å². The molecular weight excluding hydrogens is 218 g/mol. The largest absolute Gasteiger partial charge is 0.445 e. The van der Waals surface area contributed by atoms with E-state index in [1.807, 2.05) is 30.3 Å². The van der Waals surface area contributed by atoms with Crippen molar-refractivity contribution < 1.29 is 14.6 Å². The Kier molecular flexibility index (Phi) is 2.52. The lowest BCUT2D eigenvalue weighted by Crippen LogP contribution is -2.32. The fourth-order valence-electron chi connectivity index (χ4n) is 2.45. The molecular formula is C13H15NO3. The van der Waals surface area contributed by atoms with Crippen molar-refractivity contribution >= 4 is 6.09 Å². The molecule has 4 heteroatoms. The summed E-state index contributed by atoms with van der Waals surface area (Å²) in [6.07, 6.45) is -0.457. The van der Waals surface area contributed by atoms with Crippen LogP contribution in [0.5, 0.6) is 0 Å². The summed E-state index contributed by atoms with van der Waals surface area (Å²) in [6.45, 7) is 1.59. The van der Waals surface area contributed by atoms with Crippen LogP contribution >= 0.6 is 0 Å². The summed E-state index contributed by atoms with van der Waals surface area (Å²) < 4.78 is 5.22. The highest BCUT2D eigenvalue weighted by Crippen LogP contribution is 2.45. The van der Waals surface area contributed by atoms with Crippen molar-refractivity contribution in [3.8, 4) is 0 Å². The first-order valence-electron chi connectivity index (χ1n) is 5.89. The molecule has 2 atom stereocenters. The van der Waals surface area contributed by atoms with Crippen molar-refractivity contribution in [1.82, 2.24) is 4.90 Å². The molecule has 1 N–H and O–H groups in total. The number of nitrogens with zero attached hydrogens (tertiary/aromatic N) is 1. The average molecular weight is 233 g/mol. The summed E-state index contributed by atoms with van der Waals surface area (Å²) in [6, 6.07) is 9.63. The summed E-state index contributed by atoms with van der Waals surface area (Å²) in [4.78, 5) is 13.4. The molecule has 1 aromatic carbocycles. The van der Waals surface area contributed by atoms with Gasteiger partial charge in [0.15, 0.2) is 0 Å². The first kappa shape index (κ1) is 10.6. The minimum absolute atomic E-state index is 0.187. The predicted octanol–water partition coefficient (Wildman–Crippen LogP) is 1.25. The van der Waals surface area contributed by atoms with Gasteiger partial charge in [-0.1, -0.05) is 30.3 Å². The maximum atomic E-state index is 11.7. The van der Waals surface area contributed by atoms with Gasteiger partial charge in [0.25, 0.3) is 0 Å². The van der Waals surface area contributed by atoms with Crippen LogP contribution in [0, 0.1) is 11.8 Å². The molecule has 90 valence electrons. The van der Waals surface area contributed by atoms with E-state index in [0.717, 1.165) is 5.56 Å². The zero-order valence-corrected chi connectivity index (χ0v) is 9.45. The quantitative estimate of drug-likeness (QED) is 0.836. The minimum atomic E-state index is -0.270. The Bertz CT molecular complexity index is 408. The lowest BCUT2D eigenvalue weighted by atomic mass is 10.2. The van der Waals surface area contributed by atoms with Crippen molar-refractivity contribution in [3.05, 3.63) is 35.9 Å². The second-order valence-electron chi connectivity index (χ2n) is 4.76. The molecule has 1 aliphatic heterocycles. The zero-order valence-electron chi connectivity index (χ0n) is 9.45. The number of ether oxygens (including phenoxy) is 1. The van der Waals surface area contributed by atoms with E-state index in [2.05, 4.69) is 0 Å². The van der Waals surface area contributed by atoms with E-state index in [4.69, 9.17) is 4.74 Å². The van der Waals surface area contributed by atoms with Gasteiger partial charge in [0, 0.05) is 24.9 Å². The molecule has 2 fully saturated rings. The molecule has 0 unspecified atom stereocenters. The number of piperidine rings is 1. The van der Waals surface area contributed by atoms with Gasteiger partial charge in [-0.3, -0.25) is 0 Å². The third-order valence-electron chi connectivity index (χ3n) is 3.61. The van der Waals surface area contributed by atoms with Crippen LogP contribution in [0.15, 0.2) is 30.3 Å². The van der Waals surface area contributed by atoms with Crippen molar-refractivity contribution in [2.24, 2.45) is 11.8 Å². The number of hydrogen-bond donors (Lipinski definition) is 1. The summed E-state index contributed by atoms with van der Waals surface area (Å²) >= 11 is 0. The van der Waals surface area contributed by atoms with Gasteiger partial charge < -0.3 is 14.7 Å². The second kappa shape index (κ2) is 4.04. The van der Waals surface area contributed by atoms with E-state index in [9.17, 15) is 9.90 Å². The molecule has 1 amide bonds.